The quantitative estimate of drug-likeness (QED) is 0.284. The van der Waals surface area contributed by atoms with Gasteiger partial charge in [0.15, 0.2) is 0 Å². The van der Waals surface area contributed by atoms with Crippen molar-refractivity contribution in [3.05, 3.63) is 64.1 Å². The molecule has 1 aromatic heterocycles. The molecule has 3 rings (SSSR count). The van der Waals surface area contributed by atoms with Gasteiger partial charge in [-0.25, -0.2) is 9.18 Å². The Balaban J connectivity index is 2.13. The molecule has 3 aromatic rings. The first-order chi connectivity index (χ1) is 14.5. The third-order valence-electron chi connectivity index (χ3n) is 4.38. The molecule has 0 saturated heterocycles. The van der Waals surface area contributed by atoms with Crippen molar-refractivity contribution in [2.24, 2.45) is 0 Å². The average Bonchev–Trinajstić information content (AvgIpc) is 2.92. The Morgan fingerprint density at radius 1 is 1.13 bits per heavy atom. The van der Waals surface area contributed by atoms with Crippen LogP contribution < -0.4 is 4.74 Å². The lowest BCUT2D eigenvalue weighted by Crippen LogP contribution is -2.14. The summed E-state index contributed by atoms with van der Waals surface area (Å²) in [6, 6.07) is 6.96. The fourth-order valence-electron chi connectivity index (χ4n) is 3.16. The maximum absolute atomic E-state index is 14.0. The van der Waals surface area contributed by atoms with E-state index in [4.69, 9.17) is 21.1 Å². The molecule has 10 heteroatoms. The summed E-state index contributed by atoms with van der Waals surface area (Å²) in [5, 5.41) is 0.366. The molecule has 0 saturated carbocycles. The van der Waals surface area contributed by atoms with Crippen molar-refractivity contribution in [2.75, 3.05) is 6.61 Å². The maximum atomic E-state index is 14.0. The zero-order valence-corrected chi connectivity index (χ0v) is 17.1. The summed E-state index contributed by atoms with van der Waals surface area (Å²) in [7, 11) is 0. The molecule has 0 aliphatic heterocycles. The number of esters is 2. The van der Waals surface area contributed by atoms with Gasteiger partial charge in [-0.05, 0) is 42.8 Å². The van der Waals surface area contributed by atoms with Crippen LogP contribution in [0.25, 0.3) is 10.9 Å². The van der Waals surface area contributed by atoms with Crippen LogP contribution in [0.3, 0.4) is 0 Å². The molecule has 31 heavy (non-hydrogen) atoms. The highest BCUT2D eigenvalue weighted by molar-refractivity contribution is 6.38. The number of rotatable bonds is 5. The predicted molar refractivity (Wildman–Crippen MR) is 105 cm³/mol. The molecule has 0 amide bonds. The van der Waals surface area contributed by atoms with Crippen LogP contribution in [0.4, 0.5) is 17.6 Å². The number of carbonyl (C=O) groups excluding carboxylic acids is 2. The highest BCUT2D eigenvalue weighted by atomic mass is 35.5. The molecule has 0 aliphatic carbocycles. The Labute approximate surface area is 179 Å². The number of halogens is 5. The van der Waals surface area contributed by atoms with E-state index in [0.29, 0.717) is 17.0 Å². The van der Waals surface area contributed by atoms with Crippen LogP contribution in [0.2, 0.25) is 5.02 Å². The molecular formula is C21H16ClF4NO4. The van der Waals surface area contributed by atoms with E-state index in [-0.39, 0.29) is 35.2 Å². The number of carbonyl (C=O) groups is 2. The molecule has 0 atom stereocenters. The van der Waals surface area contributed by atoms with Crippen molar-refractivity contribution in [1.29, 1.82) is 0 Å². The van der Waals surface area contributed by atoms with Crippen molar-refractivity contribution < 1.29 is 36.6 Å². The highest BCUT2D eigenvalue weighted by Crippen LogP contribution is 2.36. The van der Waals surface area contributed by atoms with E-state index < -0.39 is 29.5 Å². The van der Waals surface area contributed by atoms with Crippen molar-refractivity contribution in [3.8, 4) is 5.75 Å². The van der Waals surface area contributed by atoms with Gasteiger partial charge in [0.2, 0.25) is 0 Å². The summed E-state index contributed by atoms with van der Waals surface area (Å²) in [5.41, 5.74) is -0.847. The largest absolute Gasteiger partial charge is 0.461 e. The number of fused-ring (bicyclic) bond motifs is 1. The van der Waals surface area contributed by atoms with Crippen LogP contribution in [-0.4, -0.2) is 23.1 Å². The van der Waals surface area contributed by atoms with E-state index in [1.807, 2.05) is 0 Å². The first-order valence-electron chi connectivity index (χ1n) is 9.05. The third-order valence-corrected chi connectivity index (χ3v) is 4.77. The summed E-state index contributed by atoms with van der Waals surface area (Å²) in [4.78, 5) is 23.7. The number of hydrogen-bond donors (Lipinski definition) is 0. The Bertz CT molecular complexity index is 1170. The molecule has 0 unspecified atom stereocenters. The van der Waals surface area contributed by atoms with Crippen LogP contribution in [0.15, 0.2) is 36.4 Å². The molecule has 0 bridgehead atoms. The summed E-state index contributed by atoms with van der Waals surface area (Å²) in [5.74, 6) is -2.55. The Hall–Kier alpha value is -3.07. The standard InChI is InChI=1S/C21H16ClF4NO4/c1-3-30-20(29)19-18(22)14-9-13(31-11(2)28)5-7-17(14)27(19)10-12-4-6-15(16(23)8-12)21(24,25)26/h4-9H,3,10H2,1-2H3. The summed E-state index contributed by atoms with van der Waals surface area (Å²) < 4.78 is 64.0. The molecule has 0 spiro atoms. The van der Waals surface area contributed by atoms with Crippen LogP contribution in [-0.2, 0) is 22.3 Å². The van der Waals surface area contributed by atoms with Crippen molar-refractivity contribution in [3.63, 3.8) is 0 Å². The first-order valence-corrected chi connectivity index (χ1v) is 9.43. The van der Waals surface area contributed by atoms with E-state index >= 15 is 0 Å². The van der Waals surface area contributed by atoms with E-state index in [1.165, 1.54) is 29.7 Å². The second-order valence-corrected chi connectivity index (χ2v) is 6.93. The predicted octanol–water partition coefficient (Wildman–Crippen LogP) is 5.60. The van der Waals surface area contributed by atoms with Gasteiger partial charge < -0.3 is 14.0 Å². The Kier molecular flexibility index (Phi) is 6.26. The highest BCUT2D eigenvalue weighted by Gasteiger charge is 2.34. The monoisotopic (exact) mass is 457 g/mol. The van der Waals surface area contributed by atoms with Gasteiger partial charge >= 0.3 is 18.1 Å². The second kappa shape index (κ2) is 8.58. The van der Waals surface area contributed by atoms with Gasteiger partial charge in [-0.2, -0.15) is 13.2 Å². The number of aromatic nitrogens is 1. The van der Waals surface area contributed by atoms with E-state index in [9.17, 15) is 27.2 Å². The van der Waals surface area contributed by atoms with E-state index in [0.717, 1.165) is 12.1 Å². The van der Waals surface area contributed by atoms with Gasteiger partial charge in [0, 0.05) is 18.9 Å². The lowest BCUT2D eigenvalue weighted by atomic mass is 10.1. The number of benzene rings is 2. The van der Waals surface area contributed by atoms with Gasteiger partial charge in [-0.1, -0.05) is 17.7 Å². The zero-order chi connectivity index (χ0) is 22.9. The lowest BCUT2D eigenvalue weighted by Gasteiger charge is -2.13. The molecule has 0 aliphatic rings. The topological polar surface area (TPSA) is 57.5 Å². The minimum absolute atomic E-state index is 0.00911. The van der Waals surface area contributed by atoms with Crippen molar-refractivity contribution in [1.82, 2.24) is 4.57 Å². The van der Waals surface area contributed by atoms with Gasteiger partial charge in [0.05, 0.1) is 22.7 Å². The fraction of sp³-hybridized carbons (Fsp3) is 0.238. The van der Waals surface area contributed by atoms with Crippen molar-refractivity contribution >= 4 is 34.4 Å². The SMILES string of the molecule is CCOC(=O)c1c(Cl)c2cc(OC(C)=O)ccc2n1Cc1ccc(C(F)(F)F)c(F)c1. The molecule has 0 fully saturated rings. The number of nitrogens with zero attached hydrogens (tertiary/aromatic N) is 1. The smallest absolute Gasteiger partial charge is 0.419 e. The minimum atomic E-state index is -4.82. The lowest BCUT2D eigenvalue weighted by molar-refractivity contribution is -0.140. The third kappa shape index (κ3) is 4.66. The molecule has 1 heterocycles. The molecule has 2 aromatic carbocycles. The Morgan fingerprint density at radius 2 is 1.84 bits per heavy atom. The van der Waals surface area contributed by atoms with E-state index in [1.54, 1.807) is 6.92 Å². The van der Waals surface area contributed by atoms with Gasteiger partial charge in [-0.15, -0.1) is 0 Å². The van der Waals surface area contributed by atoms with Gasteiger partial charge in [-0.3, -0.25) is 4.79 Å². The molecule has 0 radical (unpaired) electrons. The molecule has 5 nitrogen and oxygen atoms in total. The molecule has 0 N–H and O–H groups in total. The minimum Gasteiger partial charge on any atom is -0.461 e. The second-order valence-electron chi connectivity index (χ2n) is 6.55. The zero-order valence-electron chi connectivity index (χ0n) is 16.3. The van der Waals surface area contributed by atoms with Crippen LogP contribution in [0.5, 0.6) is 5.75 Å². The normalized spacial score (nSPS) is 11.6. The molecule has 164 valence electrons. The number of alkyl halides is 3. The van der Waals surface area contributed by atoms with Gasteiger partial charge in [0.25, 0.3) is 0 Å². The van der Waals surface area contributed by atoms with Crippen molar-refractivity contribution in [2.45, 2.75) is 26.6 Å². The van der Waals surface area contributed by atoms with Crippen LogP contribution >= 0.6 is 11.6 Å². The Morgan fingerprint density at radius 3 is 2.42 bits per heavy atom. The fourth-order valence-corrected chi connectivity index (χ4v) is 3.49. The number of hydrogen-bond acceptors (Lipinski definition) is 4. The molecular weight excluding hydrogens is 442 g/mol. The van der Waals surface area contributed by atoms with E-state index in [2.05, 4.69) is 0 Å². The number of ether oxygens (including phenoxy) is 2. The van der Waals surface area contributed by atoms with Crippen LogP contribution in [0.1, 0.15) is 35.5 Å². The maximum Gasteiger partial charge on any atom is 0.419 e. The summed E-state index contributed by atoms with van der Waals surface area (Å²) >= 11 is 6.40. The first kappa shape index (κ1) is 22.6. The summed E-state index contributed by atoms with van der Waals surface area (Å²) in [6.07, 6.45) is -4.82. The summed E-state index contributed by atoms with van der Waals surface area (Å²) in [6.45, 7) is 2.73. The van der Waals surface area contributed by atoms with Crippen LogP contribution in [0, 0.1) is 5.82 Å². The van der Waals surface area contributed by atoms with Gasteiger partial charge in [0.1, 0.15) is 17.3 Å². The average molecular weight is 458 g/mol.